The summed E-state index contributed by atoms with van der Waals surface area (Å²) in [6.45, 7) is 9.60. The maximum Gasteiger partial charge on any atom is 0.223 e. The predicted molar refractivity (Wildman–Crippen MR) is 100 cm³/mol. The van der Waals surface area contributed by atoms with Gasteiger partial charge in [-0.1, -0.05) is 13.8 Å². The second-order valence-electron chi connectivity index (χ2n) is 7.31. The lowest BCUT2D eigenvalue weighted by molar-refractivity contribution is -0.127. The molecule has 0 bridgehead atoms. The van der Waals surface area contributed by atoms with Crippen molar-refractivity contribution in [3.63, 3.8) is 0 Å². The number of carbonyl (C=O) groups excluding carboxylic acids is 1. The van der Waals surface area contributed by atoms with Gasteiger partial charge in [-0.05, 0) is 57.0 Å². The zero-order valence-corrected chi connectivity index (χ0v) is 16.2. The fraction of sp³-hybridized carbons (Fsp3) is 0.650. The van der Waals surface area contributed by atoms with Crippen LogP contribution >= 0.6 is 0 Å². The van der Waals surface area contributed by atoms with Gasteiger partial charge in [0.15, 0.2) is 0 Å². The van der Waals surface area contributed by atoms with Gasteiger partial charge in [0.1, 0.15) is 11.5 Å². The molecule has 0 aliphatic carbocycles. The van der Waals surface area contributed by atoms with E-state index >= 15 is 0 Å². The number of methoxy groups -OCH3 is 2. The minimum Gasteiger partial charge on any atom is -0.497 e. The Morgan fingerprint density at radius 1 is 1.20 bits per heavy atom. The number of likely N-dealkylation sites (tertiary alicyclic amines) is 1. The smallest absolute Gasteiger partial charge is 0.223 e. The first-order chi connectivity index (χ1) is 11.9. The molecule has 0 aromatic heterocycles. The fourth-order valence-electron chi connectivity index (χ4n) is 3.48. The second-order valence-corrected chi connectivity index (χ2v) is 7.31. The Hall–Kier alpha value is -1.75. The molecule has 5 nitrogen and oxygen atoms in total. The molecular formula is C20H32N2O3. The third-order valence-electron chi connectivity index (χ3n) is 4.84. The van der Waals surface area contributed by atoms with Gasteiger partial charge in [-0.15, -0.1) is 0 Å². The molecule has 1 aliphatic rings. The van der Waals surface area contributed by atoms with E-state index in [9.17, 15) is 4.79 Å². The van der Waals surface area contributed by atoms with Crippen molar-refractivity contribution in [3.05, 3.63) is 23.8 Å². The molecule has 1 N–H and O–H groups in total. The standard InChI is InChI=1S/C20H32N2O3/c1-14(2)13-22-10-8-16(9-11-22)20(23)21-15(3)18-12-17(24-4)6-7-19(18)25-5/h6-7,12,14-16H,8-11,13H2,1-5H3,(H,21,23). The van der Waals surface area contributed by atoms with Gasteiger partial charge in [-0.2, -0.15) is 0 Å². The molecule has 1 atom stereocenters. The molecule has 1 fully saturated rings. The molecule has 1 saturated heterocycles. The fourth-order valence-corrected chi connectivity index (χ4v) is 3.48. The van der Waals surface area contributed by atoms with Gasteiger partial charge < -0.3 is 19.7 Å². The molecule has 5 heteroatoms. The van der Waals surface area contributed by atoms with E-state index in [1.165, 1.54) is 0 Å². The van der Waals surface area contributed by atoms with E-state index in [1.807, 2.05) is 25.1 Å². The molecule has 1 heterocycles. The molecule has 1 amide bonds. The Balaban J connectivity index is 1.94. The van der Waals surface area contributed by atoms with E-state index < -0.39 is 0 Å². The Labute approximate surface area is 151 Å². The predicted octanol–water partition coefficient (Wildman–Crippen LogP) is 3.25. The van der Waals surface area contributed by atoms with Crippen molar-refractivity contribution in [1.82, 2.24) is 10.2 Å². The van der Waals surface area contributed by atoms with Crippen LogP contribution in [0.5, 0.6) is 11.5 Å². The number of carbonyl (C=O) groups is 1. The number of nitrogens with zero attached hydrogens (tertiary/aromatic N) is 1. The highest BCUT2D eigenvalue weighted by molar-refractivity contribution is 5.79. The average molecular weight is 348 g/mol. The maximum absolute atomic E-state index is 12.7. The molecule has 1 aromatic carbocycles. The maximum atomic E-state index is 12.7. The van der Waals surface area contributed by atoms with E-state index in [1.54, 1.807) is 14.2 Å². The van der Waals surface area contributed by atoms with Crippen LogP contribution in [0.3, 0.4) is 0 Å². The molecule has 0 radical (unpaired) electrons. The first kappa shape index (κ1) is 19.6. The van der Waals surface area contributed by atoms with Crippen LogP contribution < -0.4 is 14.8 Å². The third kappa shape index (κ3) is 5.36. The minimum atomic E-state index is -0.119. The Morgan fingerprint density at radius 2 is 1.88 bits per heavy atom. The number of rotatable bonds is 7. The van der Waals surface area contributed by atoms with Crippen LogP contribution in [0.25, 0.3) is 0 Å². The van der Waals surface area contributed by atoms with Gasteiger partial charge in [0.25, 0.3) is 0 Å². The Morgan fingerprint density at radius 3 is 2.44 bits per heavy atom. The van der Waals surface area contributed by atoms with Crippen LogP contribution in [0.1, 0.15) is 45.2 Å². The van der Waals surface area contributed by atoms with Crippen molar-refractivity contribution in [2.75, 3.05) is 33.9 Å². The third-order valence-corrected chi connectivity index (χ3v) is 4.84. The highest BCUT2D eigenvalue weighted by Gasteiger charge is 2.26. The van der Waals surface area contributed by atoms with Gasteiger partial charge in [0.05, 0.1) is 20.3 Å². The number of hydrogen-bond acceptors (Lipinski definition) is 4. The van der Waals surface area contributed by atoms with Crippen LogP contribution in [0.2, 0.25) is 0 Å². The lowest BCUT2D eigenvalue weighted by Gasteiger charge is -2.32. The Kier molecular flexibility index (Phi) is 7.12. The lowest BCUT2D eigenvalue weighted by Crippen LogP contribution is -2.42. The highest BCUT2D eigenvalue weighted by atomic mass is 16.5. The number of benzene rings is 1. The summed E-state index contributed by atoms with van der Waals surface area (Å²) < 4.78 is 10.7. The quantitative estimate of drug-likeness (QED) is 0.822. The van der Waals surface area contributed by atoms with Crippen LogP contribution in [-0.2, 0) is 4.79 Å². The summed E-state index contributed by atoms with van der Waals surface area (Å²) >= 11 is 0. The van der Waals surface area contributed by atoms with Crippen molar-refractivity contribution in [1.29, 1.82) is 0 Å². The summed E-state index contributed by atoms with van der Waals surface area (Å²) in [6, 6.07) is 5.55. The van der Waals surface area contributed by atoms with Crippen molar-refractivity contribution in [2.45, 2.75) is 39.7 Å². The second kappa shape index (κ2) is 9.09. The molecule has 25 heavy (non-hydrogen) atoms. The van der Waals surface area contributed by atoms with Gasteiger partial charge in [0.2, 0.25) is 5.91 Å². The first-order valence-electron chi connectivity index (χ1n) is 9.19. The van der Waals surface area contributed by atoms with Crippen molar-refractivity contribution in [3.8, 4) is 11.5 Å². The molecule has 1 unspecified atom stereocenters. The van der Waals surface area contributed by atoms with Crippen LogP contribution in [0.15, 0.2) is 18.2 Å². The van der Waals surface area contributed by atoms with Gasteiger partial charge in [0, 0.05) is 18.0 Å². The summed E-state index contributed by atoms with van der Waals surface area (Å²) in [5.41, 5.74) is 0.937. The molecule has 1 aliphatic heterocycles. The largest absolute Gasteiger partial charge is 0.497 e. The summed E-state index contributed by atoms with van der Waals surface area (Å²) in [7, 11) is 3.28. The van der Waals surface area contributed by atoms with E-state index in [0.29, 0.717) is 5.92 Å². The van der Waals surface area contributed by atoms with Crippen LogP contribution in [0.4, 0.5) is 0 Å². The zero-order valence-electron chi connectivity index (χ0n) is 16.2. The van der Waals surface area contributed by atoms with Gasteiger partial charge >= 0.3 is 0 Å². The summed E-state index contributed by atoms with van der Waals surface area (Å²) in [5.74, 6) is 2.44. The van der Waals surface area contributed by atoms with Gasteiger partial charge in [-0.25, -0.2) is 0 Å². The van der Waals surface area contributed by atoms with Crippen molar-refractivity contribution < 1.29 is 14.3 Å². The molecule has 2 rings (SSSR count). The summed E-state index contributed by atoms with van der Waals surface area (Å²) in [4.78, 5) is 15.1. The number of amides is 1. The minimum absolute atomic E-state index is 0.0995. The van der Waals surface area contributed by atoms with Crippen LogP contribution in [0, 0.1) is 11.8 Å². The number of hydrogen-bond donors (Lipinski definition) is 1. The van der Waals surface area contributed by atoms with E-state index in [0.717, 1.165) is 49.5 Å². The Bertz CT molecular complexity index is 566. The van der Waals surface area contributed by atoms with Crippen LogP contribution in [-0.4, -0.2) is 44.7 Å². The number of nitrogens with one attached hydrogen (secondary N) is 1. The summed E-state index contributed by atoms with van der Waals surface area (Å²) in [5, 5.41) is 3.15. The molecule has 140 valence electrons. The first-order valence-corrected chi connectivity index (χ1v) is 9.19. The van der Waals surface area contributed by atoms with E-state index in [-0.39, 0.29) is 17.9 Å². The van der Waals surface area contributed by atoms with Gasteiger partial charge in [-0.3, -0.25) is 4.79 Å². The zero-order chi connectivity index (χ0) is 18.4. The molecule has 0 saturated carbocycles. The lowest BCUT2D eigenvalue weighted by atomic mass is 9.94. The monoisotopic (exact) mass is 348 g/mol. The highest BCUT2D eigenvalue weighted by Crippen LogP contribution is 2.30. The van der Waals surface area contributed by atoms with E-state index in [2.05, 4.69) is 24.1 Å². The molecule has 1 aromatic rings. The van der Waals surface area contributed by atoms with E-state index in [4.69, 9.17) is 9.47 Å². The topological polar surface area (TPSA) is 50.8 Å². The number of ether oxygens (including phenoxy) is 2. The molecular weight excluding hydrogens is 316 g/mol. The molecule has 0 spiro atoms. The SMILES string of the molecule is COc1ccc(OC)c(C(C)NC(=O)C2CCN(CC(C)C)CC2)c1. The normalized spacial score (nSPS) is 17.4. The number of piperidine rings is 1. The summed E-state index contributed by atoms with van der Waals surface area (Å²) in [6.07, 6.45) is 1.86. The average Bonchev–Trinajstić information content (AvgIpc) is 2.61. The van der Waals surface area contributed by atoms with Crippen molar-refractivity contribution >= 4 is 5.91 Å². The van der Waals surface area contributed by atoms with Crippen molar-refractivity contribution in [2.24, 2.45) is 11.8 Å².